The fourth-order valence-electron chi connectivity index (χ4n) is 4.53. The molecule has 1 aliphatic heterocycles. The summed E-state index contributed by atoms with van der Waals surface area (Å²) in [5, 5.41) is 0.511. The summed E-state index contributed by atoms with van der Waals surface area (Å²) in [7, 11) is 3.44. The predicted octanol–water partition coefficient (Wildman–Crippen LogP) is 4.86. The van der Waals surface area contributed by atoms with Crippen molar-refractivity contribution in [3.05, 3.63) is 101 Å². The molecule has 33 heavy (non-hydrogen) atoms. The number of para-hydroxylation sites is 1. The molecule has 3 aromatic carbocycles. The Morgan fingerprint density at radius 1 is 1.00 bits per heavy atom. The molecule has 5 nitrogen and oxygen atoms in total. The molecule has 1 fully saturated rings. The predicted molar refractivity (Wildman–Crippen MR) is 129 cm³/mol. The van der Waals surface area contributed by atoms with Gasteiger partial charge in [-0.2, -0.15) is 0 Å². The minimum atomic E-state index is -0.377. The van der Waals surface area contributed by atoms with Crippen LogP contribution in [-0.4, -0.2) is 48.9 Å². The number of likely N-dealkylation sites (tertiary alicyclic amines) is 1. The number of amides is 2. The van der Waals surface area contributed by atoms with Crippen molar-refractivity contribution in [2.75, 3.05) is 27.2 Å². The van der Waals surface area contributed by atoms with Crippen LogP contribution in [0, 0.1) is 5.92 Å². The molecule has 170 valence electrons. The van der Waals surface area contributed by atoms with Gasteiger partial charge in [0.05, 0.1) is 13.0 Å². The van der Waals surface area contributed by atoms with Crippen molar-refractivity contribution in [3.63, 3.8) is 0 Å². The van der Waals surface area contributed by atoms with Crippen LogP contribution in [0.4, 0.5) is 0 Å². The topological polar surface area (TPSA) is 49.9 Å². The Morgan fingerprint density at radius 2 is 1.73 bits per heavy atom. The highest BCUT2D eigenvalue weighted by Gasteiger charge is 2.42. The van der Waals surface area contributed by atoms with Gasteiger partial charge in [-0.05, 0) is 35.4 Å². The van der Waals surface area contributed by atoms with Crippen LogP contribution in [0.15, 0.2) is 78.9 Å². The maximum Gasteiger partial charge on any atom is 0.253 e. The third-order valence-electron chi connectivity index (χ3n) is 6.17. The van der Waals surface area contributed by atoms with Crippen molar-refractivity contribution in [2.24, 2.45) is 5.92 Å². The minimum Gasteiger partial charge on any atom is -0.496 e. The Labute approximate surface area is 199 Å². The lowest BCUT2D eigenvalue weighted by molar-refractivity contribution is -0.134. The molecule has 1 heterocycles. The van der Waals surface area contributed by atoms with E-state index >= 15 is 0 Å². The van der Waals surface area contributed by atoms with E-state index < -0.39 is 0 Å². The number of nitrogens with zero attached hydrogens (tertiary/aromatic N) is 2. The molecule has 0 N–H and O–H groups in total. The molecule has 0 radical (unpaired) electrons. The van der Waals surface area contributed by atoms with Gasteiger partial charge in [0.1, 0.15) is 5.75 Å². The quantitative estimate of drug-likeness (QED) is 0.525. The molecule has 0 bridgehead atoms. The van der Waals surface area contributed by atoms with Crippen molar-refractivity contribution >= 4 is 23.4 Å². The first-order valence-corrected chi connectivity index (χ1v) is 11.3. The first-order valence-electron chi connectivity index (χ1n) is 10.9. The number of carbonyl (C=O) groups is 2. The second kappa shape index (κ2) is 10.1. The van der Waals surface area contributed by atoms with Gasteiger partial charge in [0.15, 0.2) is 0 Å². The van der Waals surface area contributed by atoms with E-state index in [4.69, 9.17) is 16.3 Å². The summed E-state index contributed by atoms with van der Waals surface area (Å²) in [4.78, 5) is 30.4. The smallest absolute Gasteiger partial charge is 0.253 e. The third-order valence-corrected chi connectivity index (χ3v) is 6.41. The van der Waals surface area contributed by atoms with Crippen LogP contribution in [0.25, 0.3) is 0 Å². The molecular weight excluding hydrogens is 436 g/mol. The summed E-state index contributed by atoms with van der Waals surface area (Å²) < 4.78 is 5.59. The van der Waals surface area contributed by atoms with E-state index in [-0.39, 0.29) is 23.7 Å². The molecule has 6 heteroatoms. The van der Waals surface area contributed by atoms with Gasteiger partial charge in [0.25, 0.3) is 5.91 Å². The van der Waals surface area contributed by atoms with E-state index in [0.29, 0.717) is 30.2 Å². The zero-order chi connectivity index (χ0) is 23.4. The molecule has 2 atom stereocenters. The van der Waals surface area contributed by atoms with E-state index in [1.54, 1.807) is 41.2 Å². The summed E-state index contributed by atoms with van der Waals surface area (Å²) in [6, 6.07) is 24.5. The highest BCUT2D eigenvalue weighted by Crippen LogP contribution is 2.39. The van der Waals surface area contributed by atoms with Crippen molar-refractivity contribution in [3.8, 4) is 5.75 Å². The molecule has 0 saturated carbocycles. The van der Waals surface area contributed by atoms with E-state index in [1.165, 1.54) is 0 Å². The third kappa shape index (κ3) is 5.04. The van der Waals surface area contributed by atoms with Crippen LogP contribution in [0.1, 0.15) is 27.4 Å². The van der Waals surface area contributed by atoms with Gasteiger partial charge in [-0.15, -0.1) is 0 Å². The maximum absolute atomic E-state index is 13.6. The molecular formula is C27H27ClN2O3. The normalized spacial score (nSPS) is 17.6. The lowest BCUT2D eigenvalue weighted by atomic mass is 9.87. The fourth-order valence-corrected chi connectivity index (χ4v) is 4.72. The van der Waals surface area contributed by atoms with Crippen LogP contribution in [0.5, 0.6) is 5.75 Å². The first-order chi connectivity index (χ1) is 16.0. The monoisotopic (exact) mass is 462 g/mol. The molecule has 1 saturated heterocycles. The number of ether oxygens (including phenoxy) is 1. The summed E-state index contributed by atoms with van der Waals surface area (Å²) in [5.41, 5.74) is 2.52. The van der Waals surface area contributed by atoms with Crippen molar-refractivity contribution in [2.45, 2.75) is 12.5 Å². The average Bonchev–Trinajstić information content (AvgIpc) is 3.28. The standard InChI is InChI=1S/C27H27ClN2O3/c1-29(16-19-9-4-3-5-10-19)27(32)24-18-30(26(31)20-11-8-12-21(28)15-20)17-23(24)22-13-6-7-14-25(22)33-2/h3-15,23-24H,16-18H2,1-2H3/t23-,24+/m0/s1. The fraction of sp³-hybridized carbons (Fsp3) is 0.259. The van der Waals surface area contributed by atoms with Crippen LogP contribution in [0.3, 0.4) is 0 Å². The molecule has 3 aromatic rings. The van der Waals surface area contributed by atoms with Crippen LogP contribution in [-0.2, 0) is 11.3 Å². The Morgan fingerprint density at radius 3 is 2.45 bits per heavy atom. The molecule has 4 rings (SSSR count). The number of hydrogen-bond donors (Lipinski definition) is 0. The van der Waals surface area contributed by atoms with Crippen LogP contribution < -0.4 is 4.74 Å². The molecule has 0 unspecified atom stereocenters. The van der Waals surface area contributed by atoms with Crippen molar-refractivity contribution < 1.29 is 14.3 Å². The number of rotatable bonds is 6. The highest BCUT2D eigenvalue weighted by molar-refractivity contribution is 6.30. The number of benzene rings is 3. The average molecular weight is 463 g/mol. The van der Waals surface area contributed by atoms with Crippen LogP contribution in [0.2, 0.25) is 5.02 Å². The summed E-state index contributed by atoms with van der Waals surface area (Å²) >= 11 is 6.11. The van der Waals surface area contributed by atoms with Crippen molar-refractivity contribution in [1.82, 2.24) is 9.80 Å². The van der Waals surface area contributed by atoms with Gasteiger partial charge >= 0.3 is 0 Å². The van der Waals surface area contributed by atoms with Gasteiger partial charge < -0.3 is 14.5 Å². The lowest BCUT2D eigenvalue weighted by Gasteiger charge is -2.25. The summed E-state index contributed by atoms with van der Waals surface area (Å²) in [6.45, 7) is 1.28. The highest BCUT2D eigenvalue weighted by atomic mass is 35.5. The summed E-state index contributed by atoms with van der Waals surface area (Å²) in [5.74, 6) is 0.0609. The Balaban J connectivity index is 1.63. The van der Waals surface area contributed by atoms with Crippen molar-refractivity contribution in [1.29, 1.82) is 0 Å². The zero-order valence-electron chi connectivity index (χ0n) is 18.8. The van der Waals surface area contributed by atoms with Gasteiger partial charge in [0, 0.05) is 43.2 Å². The number of halogens is 1. The number of methoxy groups -OCH3 is 1. The lowest BCUT2D eigenvalue weighted by Crippen LogP contribution is -2.36. The van der Waals surface area contributed by atoms with Crippen LogP contribution >= 0.6 is 11.6 Å². The second-order valence-corrected chi connectivity index (χ2v) is 8.79. The largest absolute Gasteiger partial charge is 0.496 e. The molecule has 2 amide bonds. The molecule has 0 aliphatic carbocycles. The first kappa shape index (κ1) is 22.9. The Kier molecular flexibility index (Phi) is 6.99. The molecule has 0 spiro atoms. The maximum atomic E-state index is 13.6. The number of hydrogen-bond acceptors (Lipinski definition) is 3. The SMILES string of the molecule is COc1ccccc1[C@@H]1CN(C(=O)c2cccc(Cl)c2)C[C@H]1C(=O)N(C)Cc1ccccc1. The molecule has 0 aromatic heterocycles. The van der Waals surface area contributed by atoms with E-state index in [9.17, 15) is 9.59 Å². The summed E-state index contributed by atoms with van der Waals surface area (Å²) in [6.07, 6.45) is 0. The van der Waals surface area contributed by atoms with Gasteiger partial charge in [0.2, 0.25) is 5.91 Å². The second-order valence-electron chi connectivity index (χ2n) is 8.36. The van der Waals surface area contributed by atoms with Gasteiger partial charge in [-0.3, -0.25) is 9.59 Å². The van der Waals surface area contributed by atoms with E-state index in [0.717, 1.165) is 16.9 Å². The zero-order valence-corrected chi connectivity index (χ0v) is 19.5. The van der Waals surface area contributed by atoms with Gasteiger partial charge in [-0.1, -0.05) is 66.2 Å². The molecule has 1 aliphatic rings. The van der Waals surface area contributed by atoms with E-state index in [2.05, 4.69) is 0 Å². The Bertz CT molecular complexity index is 1130. The number of carbonyl (C=O) groups excluding carboxylic acids is 2. The van der Waals surface area contributed by atoms with E-state index in [1.807, 2.05) is 61.6 Å². The van der Waals surface area contributed by atoms with Gasteiger partial charge in [-0.25, -0.2) is 0 Å². The Hall–Kier alpha value is -3.31. The minimum absolute atomic E-state index is 0.0103.